The van der Waals surface area contributed by atoms with Crippen LogP contribution in [-0.2, 0) is 9.53 Å². The normalized spacial score (nSPS) is 22.3. The second-order valence-corrected chi connectivity index (χ2v) is 27.0. The van der Waals surface area contributed by atoms with E-state index in [1.807, 2.05) is 24.3 Å². The van der Waals surface area contributed by atoms with Crippen LogP contribution >= 0.6 is 0 Å². The van der Waals surface area contributed by atoms with Gasteiger partial charge in [-0.2, -0.15) is 0 Å². The molecule has 4 aliphatic carbocycles. The van der Waals surface area contributed by atoms with Gasteiger partial charge in [-0.1, -0.05) is 136 Å². The first-order valence-corrected chi connectivity index (χ1v) is 34.0. The minimum absolute atomic E-state index is 0.0151. The van der Waals surface area contributed by atoms with Crippen molar-refractivity contribution in [3.05, 3.63) is 155 Å². The molecule has 89 heavy (non-hydrogen) atoms. The van der Waals surface area contributed by atoms with Crippen LogP contribution in [0.5, 0.6) is 28.7 Å². The maximum atomic E-state index is 13.1. The highest BCUT2D eigenvalue weighted by atomic mass is 16.6. The third kappa shape index (κ3) is 18.6. The number of allylic oxidation sites excluding steroid dienone is 1. The first kappa shape index (κ1) is 66.4. The van der Waals surface area contributed by atoms with Crippen LogP contribution in [-0.4, -0.2) is 49.4 Å². The largest absolute Gasteiger partial charge is 0.494 e. The fourth-order valence-electron chi connectivity index (χ4n) is 15.3. The Hall–Kier alpha value is -7.01. The van der Waals surface area contributed by atoms with Crippen molar-refractivity contribution in [1.29, 1.82) is 0 Å². The molecule has 0 N–H and O–H groups in total. The number of nitrogens with zero attached hydrogens (tertiary/aromatic N) is 1. The number of ether oxygens (including phenoxy) is 6. The third-order valence-corrected chi connectivity index (χ3v) is 20.3. The zero-order valence-electron chi connectivity index (χ0n) is 54.2. The van der Waals surface area contributed by atoms with Gasteiger partial charge in [-0.25, -0.2) is 14.4 Å². The van der Waals surface area contributed by atoms with E-state index in [0.29, 0.717) is 47.6 Å². The van der Waals surface area contributed by atoms with Gasteiger partial charge in [0.25, 0.3) is 0 Å². The van der Waals surface area contributed by atoms with E-state index in [-0.39, 0.29) is 40.3 Å². The van der Waals surface area contributed by atoms with Crippen molar-refractivity contribution in [1.82, 2.24) is 0 Å². The Labute approximate surface area is 531 Å². The third-order valence-electron chi connectivity index (χ3n) is 20.3. The monoisotopic (exact) mass is 1210 g/mol. The molecule has 0 spiro atoms. The summed E-state index contributed by atoms with van der Waals surface area (Å²) in [6, 6.07) is 33.7. The number of benzene rings is 5. The van der Waals surface area contributed by atoms with Crippen LogP contribution in [0.4, 0.5) is 5.69 Å². The standard InChI is InChI=1S/C78H99NO10/c1-7-8-9-10-11-12-14-17-50-85-64-39-30-59(31-40-64)74(81)87-65-41-32-60(33-42-65)76(83)89-67-24-20-23-66(53-67)88-75(82)58-28-35-62(36-29-58)79-54-57-26-37-63(38-27-57)84-51-18-15-13-16-25-73(80)86-68-46-48-77(5)61(52-68)34-43-69-71-45-44-70(56(4)22-19-21-55(2)3)78(71,6)49-47-72(69)77/h20,23-24,26-42,53-56,68-72H,7-19,21-22,25,43-52H2,1-6H3/t56-,68+,69+,70-,71+,72+,77+,78-/m1/s1. The summed E-state index contributed by atoms with van der Waals surface area (Å²) in [5.41, 5.74) is 4.84. The lowest BCUT2D eigenvalue weighted by atomic mass is 9.47. The zero-order chi connectivity index (χ0) is 62.6. The summed E-state index contributed by atoms with van der Waals surface area (Å²) in [6.45, 7) is 16.0. The maximum absolute atomic E-state index is 13.1. The Morgan fingerprint density at radius 2 is 1.11 bits per heavy atom. The highest BCUT2D eigenvalue weighted by Crippen LogP contribution is 2.67. The van der Waals surface area contributed by atoms with Crippen LogP contribution in [0.25, 0.3) is 0 Å². The van der Waals surface area contributed by atoms with Gasteiger partial charge in [0.05, 0.1) is 35.6 Å². The molecule has 3 fully saturated rings. The predicted molar refractivity (Wildman–Crippen MR) is 354 cm³/mol. The minimum atomic E-state index is -0.639. The summed E-state index contributed by atoms with van der Waals surface area (Å²) < 4.78 is 34.8. The lowest BCUT2D eigenvalue weighted by molar-refractivity contribution is -0.151. The van der Waals surface area contributed by atoms with Crippen molar-refractivity contribution in [2.24, 2.45) is 51.3 Å². The average Bonchev–Trinajstić information content (AvgIpc) is 1.74. The number of rotatable bonds is 32. The zero-order valence-corrected chi connectivity index (χ0v) is 54.2. The number of unbranched alkanes of at least 4 members (excludes halogenated alkanes) is 10. The number of aliphatic imine (C=N–C) groups is 1. The number of fused-ring (bicyclic) bond motifs is 5. The van der Waals surface area contributed by atoms with Crippen molar-refractivity contribution < 1.29 is 47.6 Å². The van der Waals surface area contributed by atoms with E-state index in [9.17, 15) is 19.2 Å². The number of hydrogen-bond acceptors (Lipinski definition) is 11. The molecule has 0 aliphatic heterocycles. The molecular formula is C78H99NO10. The molecule has 5 aromatic carbocycles. The van der Waals surface area contributed by atoms with Gasteiger partial charge in [0.15, 0.2) is 0 Å². The first-order valence-electron chi connectivity index (χ1n) is 34.0. The molecule has 11 heteroatoms. The fraction of sp³-hybridized carbons (Fsp3) is 0.526. The molecule has 0 aromatic heterocycles. The van der Waals surface area contributed by atoms with Crippen LogP contribution in [0.2, 0.25) is 0 Å². The second kappa shape index (κ2) is 32.6. The van der Waals surface area contributed by atoms with Crippen molar-refractivity contribution in [2.45, 2.75) is 202 Å². The van der Waals surface area contributed by atoms with E-state index in [0.717, 1.165) is 105 Å². The number of esters is 4. The Bertz CT molecular complexity index is 3130. The number of carbonyl (C=O) groups is 4. The Morgan fingerprint density at radius 1 is 0.562 bits per heavy atom. The van der Waals surface area contributed by atoms with Crippen LogP contribution in [0, 0.1) is 46.3 Å². The van der Waals surface area contributed by atoms with Gasteiger partial charge < -0.3 is 28.4 Å². The lowest BCUT2D eigenvalue weighted by Gasteiger charge is -2.58. The van der Waals surface area contributed by atoms with Crippen molar-refractivity contribution >= 4 is 35.8 Å². The predicted octanol–water partition coefficient (Wildman–Crippen LogP) is 19.9. The minimum Gasteiger partial charge on any atom is -0.494 e. The van der Waals surface area contributed by atoms with E-state index < -0.39 is 17.9 Å². The summed E-state index contributed by atoms with van der Waals surface area (Å²) in [4.78, 5) is 56.7. The first-order chi connectivity index (χ1) is 43.2. The quantitative estimate of drug-likeness (QED) is 0.0135. The smallest absolute Gasteiger partial charge is 0.343 e. The Balaban J connectivity index is 0.621. The number of hydrogen-bond donors (Lipinski definition) is 0. The van der Waals surface area contributed by atoms with E-state index in [1.54, 1.807) is 78.5 Å². The molecule has 0 amide bonds. The molecule has 9 rings (SSSR count). The highest BCUT2D eigenvalue weighted by molar-refractivity contribution is 5.93. The molecule has 11 nitrogen and oxygen atoms in total. The molecule has 476 valence electrons. The lowest BCUT2D eigenvalue weighted by Crippen LogP contribution is -2.51. The van der Waals surface area contributed by atoms with Crippen molar-refractivity contribution in [3.8, 4) is 28.7 Å². The van der Waals surface area contributed by atoms with Gasteiger partial charge in [0.1, 0.15) is 34.9 Å². The number of carbonyl (C=O) groups excluding carboxylic acids is 4. The summed E-state index contributed by atoms with van der Waals surface area (Å²) >= 11 is 0. The molecule has 4 aliphatic rings. The van der Waals surface area contributed by atoms with Gasteiger partial charge in [0, 0.05) is 25.1 Å². The summed E-state index contributed by atoms with van der Waals surface area (Å²) in [5, 5.41) is 0. The van der Waals surface area contributed by atoms with Crippen LogP contribution in [0.15, 0.2) is 138 Å². The molecule has 0 radical (unpaired) electrons. The molecule has 0 bridgehead atoms. The fourth-order valence-corrected chi connectivity index (χ4v) is 15.3. The summed E-state index contributed by atoms with van der Waals surface area (Å²) in [7, 11) is 0. The molecule has 8 atom stereocenters. The van der Waals surface area contributed by atoms with Gasteiger partial charge in [-0.3, -0.25) is 9.79 Å². The SMILES string of the molecule is CCCCCCCCCCOc1ccc(C(=O)Oc2ccc(C(=O)Oc3cccc(OC(=O)c4ccc(N=Cc5ccc(OCCCCCCC(=O)O[C@H]6CC[C@@]7(C)C(=CC[C@H]8[C@@H]9CC[C@H]([C@H](C)CCCC(C)C)[C@@]9(C)CC[C@@H]87)C6)cc5)cc4)c3)cc2)cc1. The molecule has 0 saturated heterocycles. The van der Waals surface area contributed by atoms with Gasteiger partial charge in [0.2, 0.25) is 0 Å². The highest BCUT2D eigenvalue weighted by Gasteiger charge is 2.59. The van der Waals surface area contributed by atoms with E-state index in [1.165, 1.54) is 120 Å². The van der Waals surface area contributed by atoms with E-state index in [2.05, 4.69) is 52.6 Å². The Morgan fingerprint density at radius 3 is 1.72 bits per heavy atom. The Kier molecular flexibility index (Phi) is 24.4. The second-order valence-electron chi connectivity index (χ2n) is 27.0. The topological polar surface area (TPSA) is 136 Å². The molecule has 3 saturated carbocycles. The van der Waals surface area contributed by atoms with Crippen LogP contribution in [0.3, 0.4) is 0 Å². The van der Waals surface area contributed by atoms with Crippen molar-refractivity contribution in [2.75, 3.05) is 13.2 Å². The molecular weight excluding hydrogens is 1110 g/mol. The van der Waals surface area contributed by atoms with Gasteiger partial charge >= 0.3 is 23.9 Å². The van der Waals surface area contributed by atoms with Gasteiger partial charge in [-0.15, -0.1) is 0 Å². The average molecular weight is 1210 g/mol. The molecule has 0 heterocycles. The summed E-state index contributed by atoms with van der Waals surface area (Å²) in [5.74, 6) is 5.32. The van der Waals surface area contributed by atoms with Gasteiger partial charge in [-0.05, 0) is 225 Å². The maximum Gasteiger partial charge on any atom is 0.343 e. The van der Waals surface area contributed by atoms with E-state index in [4.69, 9.17) is 28.4 Å². The van der Waals surface area contributed by atoms with Crippen LogP contribution in [0.1, 0.15) is 232 Å². The summed E-state index contributed by atoms with van der Waals surface area (Å²) in [6.07, 6.45) is 32.4. The molecule has 0 unspecified atom stereocenters. The van der Waals surface area contributed by atoms with Crippen LogP contribution < -0.4 is 23.7 Å². The van der Waals surface area contributed by atoms with Crippen molar-refractivity contribution in [3.63, 3.8) is 0 Å². The van der Waals surface area contributed by atoms with E-state index >= 15 is 0 Å². The molecule has 5 aromatic rings.